The predicted octanol–water partition coefficient (Wildman–Crippen LogP) is 2.60. The average Bonchev–Trinajstić information content (AvgIpc) is 2.05. The van der Waals surface area contributed by atoms with Gasteiger partial charge >= 0.3 is 0 Å². The molecule has 0 fully saturated rings. The zero-order valence-electron chi connectivity index (χ0n) is 7.30. The summed E-state index contributed by atoms with van der Waals surface area (Å²) in [4.78, 5) is 1.19. The van der Waals surface area contributed by atoms with Gasteiger partial charge in [0.15, 0.2) is 0 Å². The molecule has 64 valence electrons. The Morgan fingerprint density at radius 3 is 2.64 bits per heavy atom. The van der Waals surface area contributed by atoms with Gasteiger partial charge in [-0.2, -0.15) is 0 Å². The maximum absolute atomic E-state index is 11.5. The Balaban J connectivity index is 2.58. The molecular weight excluding hydrogens is 156 g/mol. The zero-order chi connectivity index (χ0) is 8.27. The first-order chi connectivity index (χ1) is 5.22. The van der Waals surface area contributed by atoms with E-state index in [4.69, 9.17) is 0 Å². The maximum Gasteiger partial charge on any atom is 0.0510 e. The van der Waals surface area contributed by atoms with E-state index in [9.17, 15) is 4.21 Å². The summed E-state index contributed by atoms with van der Waals surface area (Å²) in [6.07, 6.45) is 6.86. The van der Waals surface area contributed by atoms with Crippen molar-refractivity contribution in [2.75, 3.05) is 0 Å². The van der Waals surface area contributed by atoms with Gasteiger partial charge in [0, 0.05) is 10.2 Å². The minimum Gasteiger partial charge on any atom is -0.254 e. The van der Waals surface area contributed by atoms with Crippen LogP contribution in [0, 0.1) is 0 Å². The van der Waals surface area contributed by atoms with Crippen LogP contribution in [-0.2, 0) is 10.8 Å². The molecule has 0 aromatic rings. The molecule has 1 unspecified atom stereocenters. The molecule has 0 aromatic carbocycles. The molecule has 0 aliphatic heterocycles. The molecule has 1 aliphatic carbocycles. The molecule has 0 radical (unpaired) electrons. The highest BCUT2D eigenvalue weighted by Gasteiger charge is 2.13. The number of allylic oxidation sites excluding steroid dienone is 2. The Bertz CT molecular complexity index is 182. The van der Waals surface area contributed by atoms with E-state index in [0.717, 1.165) is 12.8 Å². The van der Waals surface area contributed by atoms with Crippen molar-refractivity contribution in [1.82, 2.24) is 0 Å². The lowest BCUT2D eigenvalue weighted by atomic mass is 10.1. The summed E-state index contributed by atoms with van der Waals surface area (Å²) >= 11 is 0. The summed E-state index contributed by atoms with van der Waals surface area (Å²) in [6, 6.07) is 0. The van der Waals surface area contributed by atoms with Gasteiger partial charge in [-0.1, -0.05) is 19.9 Å². The molecule has 2 heteroatoms. The van der Waals surface area contributed by atoms with Crippen molar-refractivity contribution < 1.29 is 4.21 Å². The molecule has 0 amide bonds. The fraction of sp³-hybridized carbons (Fsp3) is 0.778. The number of hydrogen-bond acceptors (Lipinski definition) is 1. The summed E-state index contributed by atoms with van der Waals surface area (Å²) in [6.45, 7) is 4.04. The van der Waals surface area contributed by atoms with E-state index < -0.39 is 10.8 Å². The van der Waals surface area contributed by atoms with E-state index in [1.165, 1.54) is 17.7 Å². The van der Waals surface area contributed by atoms with Crippen LogP contribution in [-0.4, -0.2) is 9.46 Å². The first-order valence-electron chi connectivity index (χ1n) is 4.31. The van der Waals surface area contributed by atoms with Gasteiger partial charge in [-0.25, -0.2) is 0 Å². The number of hydrogen-bond donors (Lipinski definition) is 0. The van der Waals surface area contributed by atoms with E-state index in [0.29, 0.717) is 5.25 Å². The predicted molar refractivity (Wildman–Crippen MR) is 49.8 cm³/mol. The Morgan fingerprint density at radius 2 is 2.18 bits per heavy atom. The molecule has 0 saturated heterocycles. The second-order valence-corrected chi connectivity index (χ2v) is 5.32. The molecule has 0 bridgehead atoms. The third-order valence-electron chi connectivity index (χ3n) is 1.94. The lowest BCUT2D eigenvalue weighted by Gasteiger charge is -2.13. The van der Waals surface area contributed by atoms with Crippen LogP contribution in [0.4, 0.5) is 0 Å². The Morgan fingerprint density at radius 1 is 1.45 bits per heavy atom. The van der Waals surface area contributed by atoms with E-state index in [2.05, 4.69) is 6.08 Å². The van der Waals surface area contributed by atoms with Crippen molar-refractivity contribution in [1.29, 1.82) is 0 Å². The van der Waals surface area contributed by atoms with Crippen molar-refractivity contribution in [3.05, 3.63) is 11.0 Å². The zero-order valence-corrected chi connectivity index (χ0v) is 8.12. The molecule has 1 atom stereocenters. The highest BCUT2D eigenvalue weighted by atomic mass is 32.2. The Hall–Kier alpha value is -0.110. The van der Waals surface area contributed by atoms with Gasteiger partial charge in [0.1, 0.15) is 0 Å². The maximum atomic E-state index is 11.5. The van der Waals surface area contributed by atoms with Crippen molar-refractivity contribution in [2.45, 2.75) is 44.8 Å². The molecule has 0 saturated carbocycles. The molecule has 0 heterocycles. The lowest BCUT2D eigenvalue weighted by molar-refractivity contribution is 0.669. The van der Waals surface area contributed by atoms with Gasteiger partial charge < -0.3 is 0 Å². The first-order valence-corrected chi connectivity index (χ1v) is 5.52. The Labute approximate surface area is 71.3 Å². The van der Waals surface area contributed by atoms with Gasteiger partial charge in [0.05, 0.1) is 10.8 Å². The SMILES string of the molecule is CC(C)S(=O)C1=CCCCC1. The second kappa shape index (κ2) is 4.05. The lowest BCUT2D eigenvalue weighted by Crippen LogP contribution is -2.09. The quantitative estimate of drug-likeness (QED) is 0.625. The normalized spacial score (nSPS) is 21.5. The summed E-state index contributed by atoms with van der Waals surface area (Å²) < 4.78 is 11.5. The summed E-state index contributed by atoms with van der Waals surface area (Å²) in [7, 11) is -0.697. The van der Waals surface area contributed by atoms with E-state index in [-0.39, 0.29) is 0 Å². The minimum absolute atomic E-state index is 0.291. The standard InChI is InChI=1S/C9H16OS/c1-8(2)11(10)9-6-4-3-5-7-9/h6,8H,3-5,7H2,1-2H3. The summed E-state index contributed by atoms with van der Waals surface area (Å²) in [5.41, 5.74) is 0. The van der Waals surface area contributed by atoms with Gasteiger partial charge in [-0.15, -0.1) is 0 Å². The molecule has 1 nitrogen and oxygen atoms in total. The first kappa shape index (κ1) is 8.98. The smallest absolute Gasteiger partial charge is 0.0510 e. The molecule has 1 rings (SSSR count). The third-order valence-corrected chi connectivity index (χ3v) is 3.68. The van der Waals surface area contributed by atoms with Crippen LogP contribution in [0.15, 0.2) is 11.0 Å². The van der Waals surface area contributed by atoms with Crippen LogP contribution in [0.5, 0.6) is 0 Å². The van der Waals surface area contributed by atoms with Crippen LogP contribution in [0.2, 0.25) is 0 Å². The van der Waals surface area contributed by atoms with Crippen molar-refractivity contribution in [2.24, 2.45) is 0 Å². The highest BCUT2D eigenvalue weighted by Crippen LogP contribution is 2.21. The van der Waals surface area contributed by atoms with Crippen LogP contribution in [0.1, 0.15) is 39.5 Å². The van der Waals surface area contributed by atoms with Crippen LogP contribution in [0.3, 0.4) is 0 Å². The van der Waals surface area contributed by atoms with Crippen molar-refractivity contribution in [3.63, 3.8) is 0 Å². The molecule has 0 spiro atoms. The Kier molecular flexibility index (Phi) is 3.31. The topological polar surface area (TPSA) is 17.1 Å². The van der Waals surface area contributed by atoms with Crippen LogP contribution in [0.25, 0.3) is 0 Å². The fourth-order valence-corrected chi connectivity index (χ4v) is 2.53. The molecule has 11 heavy (non-hydrogen) atoms. The van der Waals surface area contributed by atoms with E-state index >= 15 is 0 Å². The average molecular weight is 172 g/mol. The van der Waals surface area contributed by atoms with E-state index in [1.54, 1.807) is 0 Å². The van der Waals surface area contributed by atoms with Crippen molar-refractivity contribution >= 4 is 10.8 Å². The molecule has 0 aromatic heterocycles. The van der Waals surface area contributed by atoms with Crippen molar-refractivity contribution in [3.8, 4) is 0 Å². The van der Waals surface area contributed by atoms with Gasteiger partial charge in [0.2, 0.25) is 0 Å². The largest absolute Gasteiger partial charge is 0.254 e. The molecule has 1 aliphatic rings. The van der Waals surface area contributed by atoms with Gasteiger partial charge in [0.25, 0.3) is 0 Å². The highest BCUT2D eigenvalue weighted by molar-refractivity contribution is 7.89. The van der Waals surface area contributed by atoms with Crippen LogP contribution >= 0.6 is 0 Å². The fourth-order valence-electron chi connectivity index (χ4n) is 1.29. The van der Waals surface area contributed by atoms with Gasteiger partial charge in [-0.05, 0) is 25.7 Å². The second-order valence-electron chi connectivity index (χ2n) is 3.26. The van der Waals surface area contributed by atoms with Crippen LogP contribution < -0.4 is 0 Å². The van der Waals surface area contributed by atoms with E-state index in [1.807, 2.05) is 13.8 Å². The number of rotatable bonds is 2. The molecular formula is C9H16OS. The summed E-state index contributed by atoms with van der Waals surface area (Å²) in [5, 5.41) is 0.291. The van der Waals surface area contributed by atoms with Gasteiger partial charge in [-0.3, -0.25) is 4.21 Å². The monoisotopic (exact) mass is 172 g/mol. The summed E-state index contributed by atoms with van der Waals surface area (Å²) in [5.74, 6) is 0. The third kappa shape index (κ3) is 2.44. The minimum atomic E-state index is -0.697. The molecule has 0 N–H and O–H groups in total.